The zero-order chi connectivity index (χ0) is 13.0. The summed E-state index contributed by atoms with van der Waals surface area (Å²) in [5.74, 6) is 0.770. The monoisotopic (exact) mass is 270 g/mol. The fourth-order valence-electron chi connectivity index (χ4n) is 2.28. The van der Waals surface area contributed by atoms with E-state index in [4.69, 9.17) is 16.0 Å². The maximum Gasteiger partial charge on any atom is 0.237 e. The fourth-order valence-corrected chi connectivity index (χ4v) is 2.36. The Kier molecular flexibility index (Phi) is 4.66. The fraction of sp³-hybridized carbons (Fsp3) is 0.615. The summed E-state index contributed by atoms with van der Waals surface area (Å²) in [5.41, 5.74) is 0. The molecule has 5 heteroatoms. The van der Waals surface area contributed by atoms with Gasteiger partial charge in [-0.3, -0.25) is 9.69 Å². The van der Waals surface area contributed by atoms with Gasteiger partial charge < -0.3 is 9.73 Å². The van der Waals surface area contributed by atoms with Gasteiger partial charge in [-0.2, -0.15) is 0 Å². The first-order valence-electron chi connectivity index (χ1n) is 6.37. The molecule has 0 aromatic carbocycles. The Morgan fingerprint density at radius 2 is 2.28 bits per heavy atom. The molecule has 0 radical (unpaired) electrons. The van der Waals surface area contributed by atoms with Crippen molar-refractivity contribution in [3.05, 3.63) is 24.2 Å². The Hall–Kier alpha value is -1.00. The number of hydrogen-bond donors (Lipinski definition) is 1. The normalized spacial score (nSPS) is 19.7. The van der Waals surface area contributed by atoms with Crippen molar-refractivity contribution < 1.29 is 9.21 Å². The summed E-state index contributed by atoms with van der Waals surface area (Å²) < 4.78 is 5.47. The lowest BCUT2D eigenvalue weighted by Crippen LogP contribution is -2.38. The van der Waals surface area contributed by atoms with Gasteiger partial charge >= 0.3 is 0 Å². The standard InChI is InChI=1S/C13H19ClN2O2/c1-10(14)13(17)15-9-11(12-5-4-8-18-12)16-6-2-3-7-16/h4-5,8,10-11H,2-3,6-7,9H2,1H3,(H,15,17). The summed E-state index contributed by atoms with van der Waals surface area (Å²) in [6.45, 7) is 4.33. The molecule has 0 bridgehead atoms. The van der Waals surface area contributed by atoms with Crippen LogP contribution in [-0.4, -0.2) is 35.8 Å². The number of halogens is 1. The predicted molar refractivity (Wildman–Crippen MR) is 70.6 cm³/mol. The van der Waals surface area contributed by atoms with Gasteiger partial charge in [0.1, 0.15) is 11.1 Å². The molecule has 1 aliphatic rings. The third-order valence-corrected chi connectivity index (χ3v) is 3.48. The minimum absolute atomic E-state index is 0.113. The van der Waals surface area contributed by atoms with Gasteiger partial charge in [-0.25, -0.2) is 0 Å². The first-order valence-corrected chi connectivity index (χ1v) is 6.81. The highest BCUT2D eigenvalue weighted by Crippen LogP contribution is 2.24. The van der Waals surface area contributed by atoms with Crippen molar-refractivity contribution in [3.63, 3.8) is 0 Å². The van der Waals surface area contributed by atoms with Gasteiger partial charge in [0.05, 0.1) is 12.3 Å². The minimum atomic E-state index is -0.499. The largest absolute Gasteiger partial charge is 0.468 e. The van der Waals surface area contributed by atoms with E-state index in [1.165, 1.54) is 12.8 Å². The molecular formula is C13H19ClN2O2. The molecule has 4 nitrogen and oxygen atoms in total. The molecule has 1 amide bonds. The van der Waals surface area contributed by atoms with Crippen LogP contribution in [0.3, 0.4) is 0 Å². The van der Waals surface area contributed by atoms with Crippen LogP contribution >= 0.6 is 11.6 Å². The molecule has 2 rings (SSSR count). The molecule has 0 aliphatic carbocycles. The molecule has 1 fully saturated rings. The molecule has 1 aromatic rings. The lowest BCUT2D eigenvalue weighted by Gasteiger charge is -2.26. The predicted octanol–water partition coefficient (Wildman–Crippen LogP) is 2.16. The summed E-state index contributed by atoms with van der Waals surface area (Å²) in [5, 5.41) is 2.38. The number of carbonyl (C=O) groups is 1. The zero-order valence-electron chi connectivity index (χ0n) is 10.6. The van der Waals surface area contributed by atoms with Gasteiger partial charge in [-0.15, -0.1) is 11.6 Å². The van der Waals surface area contributed by atoms with Gasteiger partial charge in [-0.1, -0.05) is 0 Å². The zero-order valence-corrected chi connectivity index (χ0v) is 11.3. The molecule has 1 saturated heterocycles. The minimum Gasteiger partial charge on any atom is -0.468 e. The van der Waals surface area contributed by atoms with Crippen molar-refractivity contribution >= 4 is 17.5 Å². The van der Waals surface area contributed by atoms with Crippen LogP contribution in [0.4, 0.5) is 0 Å². The lowest BCUT2D eigenvalue weighted by atomic mass is 10.2. The SMILES string of the molecule is CC(Cl)C(=O)NCC(c1ccco1)N1CCCC1. The Balaban J connectivity index is 1.99. The third-order valence-electron chi connectivity index (χ3n) is 3.28. The number of nitrogens with zero attached hydrogens (tertiary/aromatic N) is 1. The average Bonchev–Trinajstić information content (AvgIpc) is 3.01. The lowest BCUT2D eigenvalue weighted by molar-refractivity contribution is -0.120. The number of alkyl halides is 1. The number of furan rings is 1. The summed E-state index contributed by atoms with van der Waals surface area (Å²) in [7, 11) is 0. The summed E-state index contributed by atoms with van der Waals surface area (Å²) in [6, 6.07) is 3.95. The topological polar surface area (TPSA) is 45.5 Å². The summed E-state index contributed by atoms with van der Waals surface area (Å²) in [6.07, 6.45) is 4.08. The summed E-state index contributed by atoms with van der Waals surface area (Å²) in [4.78, 5) is 13.9. The highest BCUT2D eigenvalue weighted by molar-refractivity contribution is 6.30. The van der Waals surface area contributed by atoms with Crippen molar-refractivity contribution in [2.45, 2.75) is 31.2 Å². The average molecular weight is 271 g/mol. The van der Waals surface area contributed by atoms with Crippen LogP contribution in [0.5, 0.6) is 0 Å². The number of carbonyl (C=O) groups excluding carboxylic acids is 1. The molecule has 2 heterocycles. The van der Waals surface area contributed by atoms with Crippen molar-refractivity contribution in [3.8, 4) is 0 Å². The quantitative estimate of drug-likeness (QED) is 0.834. The molecule has 1 N–H and O–H groups in total. The van der Waals surface area contributed by atoms with Crippen molar-refractivity contribution in [1.82, 2.24) is 10.2 Å². The van der Waals surface area contributed by atoms with Gasteiger partial charge in [0, 0.05) is 6.54 Å². The second-order valence-corrected chi connectivity index (χ2v) is 5.29. The first-order chi connectivity index (χ1) is 8.68. The summed E-state index contributed by atoms with van der Waals surface area (Å²) >= 11 is 5.75. The van der Waals surface area contributed by atoms with Crippen LogP contribution in [-0.2, 0) is 4.79 Å². The first kappa shape index (κ1) is 13.4. The smallest absolute Gasteiger partial charge is 0.237 e. The van der Waals surface area contributed by atoms with E-state index in [0.29, 0.717) is 6.54 Å². The van der Waals surface area contributed by atoms with Crippen molar-refractivity contribution in [2.75, 3.05) is 19.6 Å². The second-order valence-electron chi connectivity index (χ2n) is 4.64. The number of rotatable bonds is 5. The van der Waals surface area contributed by atoms with E-state index in [0.717, 1.165) is 18.8 Å². The van der Waals surface area contributed by atoms with Gasteiger partial charge in [0.15, 0.2) is 0 Å². The number of hydrogen-bond acceptors (Lipinski definition) is 3. The Labute approximate surface area is 112 Å². The van der Waals surface area contributed by atoms with E-state index in [9.17, 15) is 4.79 Å². The van der Waals surface area contributed by atoms with Crippen molar-refractivity contribution in [2.24, 2.45) is 0 Å². The Morgan fingerprint density at radius 1 is 1.56 bits per heavy atom. The molecule has 18 heavy (non-hydrogen) atoms. The maximum atomic E-state index is 11.5. The molecule has 100 valence electrons. The van der Waals surface area contributed by atoms with Crippen LogP contribution in [0.25, 0.3) is 0 Å². The van der Waals surface area contributed by atoms with Crippen LogP contribution in [0.2, 0.25) is 0 Å². The van der Waals surface area contributed by atoms with Crippen LogP contribution in [0.1, 0.15) is 31.6 Å². The van der Waals surface area contributed by atoms with Crippen LogP contribution < -0.4 is 5.32 Å². The number of amides is 1. The molecule has 2 atom stereocenters. The van der Waals surface area contributed by atoms with Gasteiger partial charge in [0.2, 0.25) is 5.91 Å². The molecule has 0 saturated carbocycles. The van der Waals surface area contributed by atoms with E-state index in [1.54, 1.807) is 13.2 Å². The van der Waals surface area contributed by atoms with Gasteiger partial charge in [-0.05, 0) is 45.0 Å². The van der Waals surface area contributed by atoms with E-state index in [1.807, 2.05) is 12.1 Å². The Bertz CT molecular complexity index is 372. The Morgan fingerprint density at radius 3 is 2.83 bits per heavy atom. The van der Waals surface area contributed by atoms with Crippen molar-refractivity contribution in [1.29, 1.82) is 0 Å². The number of likely N-dealkylation sites (tertiary alicyclic amines) is 1. The van der Waals surface area contributed by atoms with E-state index < -0.39 is 5.38 Å². The van der Waals surface area contributed by atoms with E-state index >= 15 is 0 Å². The number of nitrogens with one attached hydrogen (secondary N) is 1. The van der Waals surface area contributed by atoms with E-state index in [2.05, 4.69) is 10.2 Å². The second kappa shape index (κ2) is 6.25. The van der Waals surface area contributed by atoms with Gasteiger partial charge in [0.25, 0.3) is 0 Å². The molecule has 1 aromatic heterocycles. The third kappa shape index (κ3) is 3.27. The molecular weight excluding hydrogens is 252 g/mol. The molecule has 1 aliphatic heterocycles. The highest BCUT2D eigenvalue weighted by atomic mass is 35.5. The van der Waals surface area contributed by atoms with Crippen LogP contribution in [0.15, 0.2) is 22.8 Å². The molecule has 2 unspecified atom stereocenters. The van der Waals surface area contributed by atoms with E-state index in [-0.39, 0.29) is 11.9 Å². The maximum absolute atomic E-state index is 11.5. The molecule has 0 spiro atoms. The highest BCUT2D eigenvalue weighted by Gasteiger charge is 2.26. The van der Waals surface area contributed by atoms with Crippen LogP contribution in [0, 0.1) is 0 Å².